The molecule has 0 N–H and O–H groups in total. The second-order valence-corrected chi connectivity index (χ2v) is 17.1. The highest BCUT2D eigenvalue weighted by molar-refractivity contribution is 6.15. The lowest BCUT2D eigenvalue weighted by atomic mass is 9.72. The van der Waals surface area contributed by atoms with Crippen LogP contribution in [0.3, 0.4) is 0 Å². The zero-order valence-electron chi connectivity index (χ0n) is 34.9. The summed E-state index contributed by atoms with van der Waals surface area (Å²) in [6.07, 6.45) is 12.5. The molecule has 4 aliphatic rings. The van der Waals surface area contributed by atoms with Gasteiger partial charge in [-0.15, -0.1) is 0 Å². The lowest BCUT2D eigenvalue weighted by Crippen LogP contribution is -2.35. The molecule has 12 heteroatoms. The first-order valence-corrected chi connectivity index (χ1v) is 20.7. The lowest BCUT2D eigenvalue weighted by Gasteiger charge is -2.41. The number of unbranched alkanes of at least 4 members (excludes halogenated alkanes) is 3. The second-order valence-electron chi connectivity index (χ2n) is 17.1. The van der Waals surface area contributed by atoms with Gasteiger partial charge in [0.15, 0.2) is 0 Å². The Hall–Kier alpha value is -4.84. The Bertz CT molecular complexity index is 1740. The number of hydrogen-bond acceptors (Lipinski definition) is 12. The monoisotopic (exact) mass is 786 g/mol. The van der Waals surface area contributed by atoms with Crippen molar-refractivity contribution >= 4 is 23.9 Å². The van der Waals surface area contributed by atoms with Crippen LogP contribution in [0.25, 0.3) is 0 Å². The maximum atomic E-state index is 13.7. The summed E-state index contributed by atoms with van der Waals surface area (Å²) in [4.78, 5) is 56.6. The van der Waals surface area contributed by atoms with Gasteiger partial charge >= 0.3 is 23.9 Å². The van der Waals surface area contributed by atoms with Gasteiger partial charge < -0.3 is 28.7 Å². The largest absolute Gasteiger partial charge is 0.462 e. The third-order valence-electron chi connectivity index (χ3n) is 11.2. The molecule has 0 amide bonds. The highest BCUT2D eigenvalue weighted by Gasteiger charge is 2.38. The highest BCUT2D eigenvalue weighted by atomic mass is 16.6. The summed E-state index contributed by atoms with van der Waals surface area (Å²) >= 11 is 0. The van der Waals surface area contributed by atoms with Gasteiger partial charge in [0.25, 0.3) is 0 Å². The van der Waals surface area contributed by atoms with Crippen LogP contribution in [0.2, 0.25) is 0 Å². The predicted molar refractivity (Wildman–Crippen MR) is 214 cm³/mol. The molecule has 4 rings (SSSR count). The number of ether oxygens (including phenoxy) is 4. The Morgan fingerprint density at radius 3 is 1.65 bits per heavy atom. The van der Waals surface area contributed by atoms with Crippen molar-refractivity contribution in [3.63, 3.8) is 0 Å². The molecular weight excluding hydrogens is 725 g/mol. The van der Waals surface area contributed by atoms with Crippen molar-refractivity contribution in [2.75, 3.05) is 52.6 Å². The van der Waals surface area contributed by atoms with Gasteiger partial charge in [0.2, 0.25) is 0 Å². The molecule has 57 heavy (non-hydrogen) atoms. The number of allylic oxidation sites excluding steroid dienone is 6. The molecule has 0 saturated carbocycles. The van der Waals surface area contributed by atoms with Crippen molar-refractivity contribution in [1.29, 1.82) is 10.5 Å². The van der Waals surface area contributed by atoms with Crippen LogP contribution in [-0.4, -0.2) is 86.3 Å². The molecule has 0 atom stereocenters. The number of likely N-dealkylation sites (tertiary alicyclic amines) is 2. The maximum Gasteiger partial charge on any atom is 0.349 e. The van der Waals surface area contributed by atoms with Crippen molar-refractivity contribution in [1.82, 2.24) is 9.80 Å². The summed E-state index contributed by atoms with van der Waals surface area (Å²) in [5, 5.41) is 20.3. The van der Waals surface area contributed by atoms with Crippen LogP contribution in [0.15, 0.2) is 57.5 Å². The molecule has 0 radical (unpaired) electrons. The molecule has 0 bridgehead atoms. The van der Waals surface area contributed by atoms with Crippen molar-refractivity contribution in [2.45, 2.75) is 125 Å². The van der Waals surface area contributed by atoms with Crippen molar-refractivity contribution < 1.29 is 38.1 Å². The van der Waals surface area contributed by atoms with E-state index in [1.165, 1.54) is 6.42 Å². The fourth-order valence-electron chi connectivity index (χ4n) is 8.35. The quantitative estimate of drug-likeness (QED) is 0.0286. The van der Waals surface area contributed by atoms with E-state index in [1.54, 1.807) is 0 Å². The van der Waals surface area contributed by atoms with E-state index in [0.717, 1.165) is 94.2 Å². The SMILES string of the molecule is C=CC(=O)OCCOC(=O)/C(C(=O)OCCCCCCOC(=O)/C(C#N)=C1\CC(C)(C)CC(N2CCCCC2)=C1C#N)=C1/CC(C)(C)CC(N2CCCCC2)=C1C. The summed E-state index contributed by atoms with van der Waals surface area (Å²) in [5.41, 5.74) is 3.84. The van der Waals surface area contributed by atoms with Gasteiger partial charge in [-0.1, -0.05) is 34.3 Å². The second kappa shape index (κ2) is 21.1. The molecule has 0 aromatic rings. The summed E-state index contributed by atoms with van der Waals surface area (Å²) in [6, 6.07) is 4.37. The minimum Gasteiger partial charge on any atom is -0.462 e. The van der Waals surface area contributed by atoms with Gasteiger partial charge in [0.05, 0.1) is 18.8 Å². The first-order chi connectivity index (χ1) is 27.2. The van der Waals surface area contributed by atoms with Gasteiger partial charge in [0, 0.05) is 43.6 Å². The van der Waals surface area contributed by atoms with Gasteiger partial charge in [-0.3, -0.25) is 0 Å². The van der Waals surface area contributed by atoms with E-state index in [0.29, 0.717) is 55.2 Å². The minimum atomic E-state index is -0.815. The molecule has 2 saturated heterocycles. The normalized spacial score (nSPS) is 21.1. The zero-order chi connectivity index (χ0) is 41.6. The molecule has 0 spiro atoms. The van der Waals surface area contributed by atoms with Gasteiger partial charge in [-0.2, -0.15) is 10.5 Å². The molecule has 2 heterocycles. The number of carbonyl (C=O) groups excluding carboxylic acids is 4. The zero-order valence-corrected chi connectivity index (χ0v) is 34.9. The predicted octanol–water partition coefficient (Wildman–Crippen LogP) is 7.69. The van der Waals surface area contributed by atoms with Crippen LogP contribution in [0, 0.1) is 33.5 Å². The minimum absolute atomic E-state index is 0.0772. The fraction of sp³-hybridized carbons (Fsp3) is 0.644. The first kappa shape index (κ1) is 44.9. The topological polar surface area (TPSA) is 159 Å². The van der Waals surface area contributed by atoms with E-state index in [1.807, 2.05) is 6.92 Å². The van der Waals surface area contributed by atoms with E-state index in [-0.39, 0.29) is 48.4 Å². The van der Waals surface area contributed by atoms with Crippen LogP contribution in [0.4, 0.5) is 0 Å². The molecule has 0 aromatic heterocycles. The summed E-state index contributed by atoms with van der Waals surface area (Å²) in [6.45, 7) is 17.2. The smallest absolute Gasteiger partial charge is 0.349 e. The van der Waals surface area contributed by atoms with Gasteiger partial charge in [-0.05, 0) is 124 Å². The third kappa shape index (κ3) is 12.6. The molecule has 310 valence electrons. The molecule has 0 unspecified atom stereocenters. The van der Waals surface area contributed by atoms with E-state index < -0.39 is 23.9 Å². The van der Waals surface area contributed by atoms with E-state index >= 15 is 0 Å². The molecule has 2 fully saturated rings. The number of hydrogen-bond donors (Lipinski definition) is 0. The standard InChI is InChI=1S/C45H62N4O8/c1-7-39(50)54-24-25-57-43(53)40(33-26-44(3,4)28-37(32(33)2)48-18-12-10-13-19-48)42(52)56-23-17-9-8-16-22-55-41(51)36(31-47)34-27-45(5,6)29-38(35(34)30-46)49-20-14-11-15-21-49/h7H,1,8-29H2,2-6H3/b36-34+,40-33-. The van der Waals surface area contributed by atoms with Crippen molar-refractivity contribution in [3.8, 4) is 12.1 Å². The van der Waals surface area contributed by atoms with E-state index in [4.69, 9.17) is 18.9 Å². The Kier molecular flexibility index (Phi) is 16.6. The number of rotatable bonds is 16. The van der Waals surface area contributed by atoms with Gasteiger partial charge in [0.1, 0.15) is 36.5 Å². The summed E-state index contributed by atoms with van der Waals surface area (Å²) < 4.78 is 21.6. The summed E-state index contributed by atoms with van der Waals surface area (Å²) in [7, 11) is 0. The van der Waals surface area contributed by atoms with Gasteiger partial charge in [-0.25, -0.2) is 19.2 Å². The third-order valence-corrected chi connectivity index (χ3v) is 11.2. The van der Waals surface area contributed by atoms with Crippen LogP contribution < -0.4 is 0 Å². The van der Waals surface area contributed by atoms with E-state index in [9.17, 15) is 29.7 Å². The molecule has 2 aliphatic heterocycles. The maximum absolute atomic E-state index is 13.7. The van der Waals surface area contributed by atoms with Crippen molar-refractivity contribution in [2.24, 2.45) is 10.8 Å². The lowest BCUT2D eigenvalue weighted by molar-refractivity contribution is -0.151. The van der Waals surface area contributed by atoms with E-state index in [2.05, 4.69) is 56.2 Å². The molecule has 12 nitrogen and oxygen atoms in total. The number of nitrogens with zero attached hydrogens (tertiary/aromatic N) is 4. The highest BCUT2D eigenvalue weighted by Crippen LogP contribution is 2.46. The van der Waals surface area contributed by atoms with Crippen molar-refractivity contribution in [3.05, 3.63) is 57.5 Å². The number of carbonyl (C=O) groups is 4. The van der Waals surface area contributed by atoms with Crippen LogP contribution in [-0.2, 0) is 38.1 Å². The Balaban J connectivity index is 1.36. The van der Waals surface area contributed by atoms with Crippen LogP contribution in [0.5, 0.6) is 0 Å². The average Bonchev–Trinajstić information content (AvgIpc) is 3.19. The summed E-state index contributed by atoms with van der Waals surface area (Å²) in [5.74, 6) is -2.92. The first-order valence-electron chi connectivity index (χ1n) is 20.7. The fourth-order valence-corrected chi connectivity index (χ4v) is 8.35. The average molecular weight is 787 g/mol. The van der Waals surface area contributed by atoms with Crippen LogP contribution >= 0.6 is 0 Å². The number of nitriles is 2. The Morgan fingerprint density at radius 1 is 0.649 bits per heavy atom. The molecule has 0 aromatic carbocycles. The number of piperidine rings is 2. The Labute approximate surface area is 339 Å². The number of esters is 4. The molecule has 2 aliphatic carbocycles. The van der Waals surface area contributed by atoms with Crippen LogP contribution in [0.1, 0.15) is 125 Å². The Morgan fingerprint density at radius 2 is 1.12 bits per heavy atom. The molecular formula is C45H62N4O8.